The van der Waals surface area contributed by atoms with E-state index in [0.717, 1.165) is 30.0 Å². The molecule has 0 saturated carbocycles. The van der Waals surface area contributed by atoms with Crippen LogP contribution in [0.5, 0.6) is 0 Å². The Labute approximate surface area is 263 Å². The fourth-order valence-corrected chi connectivity index (χ4v) is 8.61. The molecule has 0 bridgehead atoms. The van der Waals surface area contributed by atoms with E-state index in [1.54, 1.807) is 0 Å². The van der Waals surface area contributed by atoms with Crippen LogP contribution < -0.4 is 12.4 Å². The quantitative estimate of drug-likeness (QED) is 0.0537. The first-order valence-electron chi connectivity index (χ1n) is 17.3. The molecule has 0 N–H and O–H groups in total. The highest BCUT2D eigenvalue weighted by molar-refractivity contribution is 6.60. The van der Waals surface area contributed by atoms with Crippen molar-refractivity contribution in [2.45, 2.75) is 149 Å². The van der Waals surface area contributed by atoms with E-state index in [2.05, 4.69) is 44.3 Å². The van der Waals surface area contributed by atoms with Crippen molar-refractivity contribution < 1.29 is 30.2 Å². The monoisotopic (exact) mass is 613 g/mol. The molecule has 1 atom stereocenters. The molecule has 6 heteroatoms. The van der Waals surface area contributed by atoms with Gasteiger partial charge in [-0.2, -0.15) is 0 Å². The first kappa shape index (κ1) is 40.6. The number of nitrogens with zero attached hydrogens (tertiary/aromatic N) is 1. The second-order valence-electron chi connectivity index (χ2n) is 12.1. The van der Waals surface area contributed by atoms with Crippen LogP contribution in [-0.4, -0.2) is 53.2 Å². The summed E-state index contributed by atoms with van der Waals surface area (Å²) in [6.07, 6.45) is 23.8. The molecule has 0 radical (unpaired) electrons. The summed E-state index contributed by atoms with van der Waals surface area (Å²) in [5.41, 5.74) is 1.43. The summed E-state index contributed by atoms with van der Waals surface area (Å²) >= 11 is 0. The molecule has 0 heterocycles. The van der Waals surface area contributed by atoms with Gasteiger partial charge in [-0.3, -0.25) is 0 Å². The van der Waals surface area contributed by atoms with Gasteiger partial charge in [0.05, 0.1) is 20.1 Å². The van der Waals surface area contributed by atoms with Gasteiger partial charge in [0.15, 0.2) is 0 Å². The molecular formula is C35H68ClNO3Si. The van der Waals surface area contributed by atoms with Gasteiger partial charge in [-0.1, -0.05) is 127 Å². The summed E-state index contributed by atoms with van der Waals surface area (Å²) in [5.74, 6) is 0. The summed E-state index contributed by atoms with van der Waals surface area (Å²) < 4.78 is 19.5. The van der Waals surface area contributed by atoms with Gasteiger partial charge in [0, 0.05) is 37.8 Å². The molecule has 1 rings (SSSR count). The lowest BCUT2D eigenvalue weighted by atomic mass is 10.0. The third-order valence-electron chi connectivity index (χ3n) is 8.23. The maximum atomic E-state index is 6.12. The van der Waals surface area contributed by atoms with Gasteiger partial charge >= 0.3 is 8.80 Å². The topological polar surface area (TPSA) is 27.7 Å². The number of hydrogen-bond donors (Lipinski definition) is 0. The Morgan fingerprint density at radius 2 is 0.927 bits per heavy atom. The Balaban J connectivity index is 0.0000160. The summed E-state index contributed by atoms with van der Waals surface area (Å²) in [6, 6.07) is 11.9. The van der Waals surface area contributed by atoms with Crippen LogP contribution in [0.25, 0.3) is 0 Å². The van der Waals surface area contributed by atoms with Gasteiger partial charge in [-0.05, 0) is 33.6 Å². The lowest BCUT2D eigenvalue weighted by Gasteiger charge is -2.36. The van der Waals surface area contributed by atoms with Crippen LogP contribution in [0.3, 0.4) is 0 Å². The molecule has 1 aromatic rings. The van der Waals surface area contributed by atoms with Crippen LogP contribution in [0.2, 0.25) is 6.04 Å². The fourth-order valence-electron chi connectivity index (χ4n) is 6.01. The van der Waals surface area contributed by atoms with Gasteiger partial charge in [-0.25, -0.2) is 0 Å². The van der Waals surface area contributed by atoms with E-state index < -0.39 is 8.80 Å². The molecule has 4 nitrogen and oxygen atoms in total. The number of halogens is 1. The van der Waals surface area contributed by atoms with Crippen molar-refractivity contribution in [3.63, 3.8) is 0 Å². The average molecular weight is 614 g/mol. The van der Waals surface area contributed by atoms with Crippen LogP contribution in [-0.2, 0) is 19.8 Å². The zero-order valence-electron chi connectivity index (χ0n) is 27.9. The molecule has 41 heavy (non-hydrogen) atoms. The van der Waals surface area contributed by atoms with Crippen molar-refractivity contribution in [1.29, 1.82) is 0 Å². The van der Waals surface area contributed by atoms with E-state index in [1.807, 2.05) is 20.8 Å². The molecule has 0 spiro atoms. The third-order valence-corrected chi connectivity index (χ3v) is 11.4. The summed E-state index contributed by atoms with van der Waals surface area (Å²) in [6.45, 7) is 13.9. The predicted molar refractivity (Wildman–Crippen MR) is 176 cm³/mol. The molecule has 0 aliphatic carbocycles. The molecule has 1 aromatic carbocycles. The normalized spacial score (nSPS) is 13.2. The minimum absolute atomic E-state index is 0. The third kappa shape index (κ3) is 21.0. The van der Waals surface area contributed by atoms with Crippen molar-refractivity contribution >= 4 is 8.80 Å². The Morgan fingerprint density at radius 3 is 1.34 bits per heavy atom. The smallest absolute Gasteiger partial charge is 0.501 e. The Morgan fingerprint density at radius 1 is 0.537 bits per heavy atom. The molecule has 0 amide bonds. The molecule has 0 fully saturated rings. The van der Waals surface area contributed by atoms with Crippen LogP contribution in [0.15, 0.2) is 30.3 Å². The number of quaternary nitrogens is 1. The average Bonchev–Trinajstić information content (AvgIpc) is 2.94. The molecule has 1 unspecified atom stereocenters. The molecular weight excluding hydrogens is 546 g/mol. The van der Waals surface area contributed by atoms with Crippen LogP contribution in [0, 0.1) is 0 Å². The number of unbranched alkanes of at least 4 members (excludes halogenated alkanes) is 15. The minimum atomic E-state index is -2.57. The summed E-state index contributed by atoms with van der Waals surface area (Å²) in [4.78, 5) is 0. The highest BCUT2D eigenvalue weighted by atomic mass is 35.5. The highest BCUT2D eigenvalue weighted by Crippen LogP contribution is 2.22. The SMILES string of the molecule is CCCCCCCCCCCCCCCCCC[N+](C)(CCC[Si](OCC)(OCC)OCC)Cc1ccccc1.[Cl-]. The van der Waals surface area contributed by atoms with Gasteiger partial charge in [-0.15, -0.1) is 0 Å². The van der Waals surface area contributed by atoms with Crippen molar-refractivity contribution in [3.05, 3.63) is 35.9 Å². The maximum Gasteiger partial charge on any atom is 0.501 e. The van der Waals surface area contributed by atoms with Crippen LogP contribution in [0.4, 0.5) is 0 Å². The lowest BCUT2D eigenvalue weighted by molar-refractivity contribution is -0.922. The minimum Gasteiger partial charge on any atom is -1.00 e. The molecule has 0 aliphatic rings. The first-order valence-corrected chi connectivity index (χ1v) is 19.3. The van der Waals surface area contributed by atoms with E-state index in [0.29, 0.717) is 19.8 Å². The van der Waals surface area contributed by atoms with Gasteiger partial charge < -0.3 is 30.2 Å². The zero-order valence-corrected chi connectivity index (χ0v) is 29.7. The molecule has 0 aromatic heterocycles. The van der Waals surface area contributed by atoms with Gasteiger partial charge in [0.25, 0.3) is 0 Å². The number of benzene rings is 1. The number of rotatable bonds is 29. The zero-order chi connectivity index (χ0) is 29.2. The van der Waals surface area contributed by atoms with E-state index in [-0.39, 0.29) is 12.4 Å². The van der Waals surface area contributed by atoms with Crippen LogP contribution in [0.1, 0.15) is 142 Å². The van der Waals surface area contributed by atoms with E-state index >= 15 is 0 Å². The summed E-state index contributed by atoms with van der Waals surface area (Å²) in [5, 5.41) is 0. The fraction of sp³-hybridized carbons (Fsp3) is 0.829. The van der Waals surface area contributed by atoms with Gasteiger partial charge in [0.2, 0.25) is 0 Å². The molecule has 242 valence electrons. The molecule has 0 saturated heterocycles. The van der Waals surface area contributed by atoms with Crippen LogP contribution >= 0.6 is 0 Å². The van der Waals surface area contributed by atoms with Crippen molar-refractivity contribution in [3.8, 4) is 0 Å². The van der Waals surface area contributed by atoms with Crippen molar-refractivity contribution in [2.75, 3.05) is 40.0 Å². The Kier molecular flexibility index (Phi) is 26.9. The predicted octanol–water partition coefficient (Wildman–Crippen LogP) is 7.34. The first-order chi connectivity index (χ1) is 19.5. The van der Waals surface area contributed by atoms with Gasteiger partial charge in [0.1, 0.15) is 6.54 Å². The molecule has 0 aliphatic heterocycles. The Hall–Kier alpha value is -0.433. The number of hydrogen-bond acceptors (Lipinski definition) is 3. The maximum absolute atomic E-state index is 6.12. The van der Waals surface area contributed by atoms with Crippen molar-refractivity contribution in [1.82, 2.24) is 0 Å². The Bertz CT molecular complexity index is 664. The largest absolute Gasteiger partial charge is 1.00 e. The highest BCUT2D eigenvalue weighted by Gasteiger charge is 2.40. The van der Waals surface area contributed by atoms with E-state index in [9.17, 15) is 0 Å². The standard InChI is InChI=1S/C35H68NO3Si.ClH/c1-6-10-11-12-13-14-15-16-17-18-19-20-21-22-23-27-31-36(5,34-35-29-25-24-26-30-35)32-28-33-40(37-7-2,38-8-3)39-9-4;/h24-26,29-30H,6-23,27-28,31-34H2,1-5H3;1H/q+1;/p-1. The summed E-state index contributed by atoms with van der Waals surface area (Å²) in [7, 11) is -0.126. The second-order valence-corrected chi connectivity index (χ2v) is 14.8. The van der Waals surface area contributed by atoms with E-state index in [4.69, 9.17) is 13.3 Å². The van der Waals surface area contributed by atoms with E-state index in [1.165, 1.54) is 115 Å². The van der Waals surface area contributed by atoms with Crippen molar-refractivity contribution in [2.24, 2.45) is 0 Å². The lowest BCUT2D eigenvalue weighted by Crippen LogP contribution is -3.00. The second kappa shape index (κ2) is 27.1.